The first-order valence-corrected chi connectivity index (χ1v) is 18.3. The van der Waals surface area contributed by atoms with Gasteiger partial charge in [0.15, 0.2) is 0 Å². The van der Waals surface area contributed by atoms with Gasteiger partial charge in [-0.05, 0) is 134 Å². The lowest BCUT2D eigenvalue weighted by atomic mass is 9.81. The van der Waals surface area contributed by atoms with Gasteiger partial charge in [-0.15, -0.1) is 0 Å². The van der Waals surface area contributed by atoms with E-state index in [2.05, 4.69) is 98.8 Å². The van der Waals surface area contributed by atoms with Crippen molar-refractivity contribution >= 4 is 87.3 Å². The van der Waals surface area contributed by atoms with E-state index in [-0.39, 0.29) is 11.1 Å². The summed E-state index contributed by atoms with van der Waals surface area (Å²) >= 11 is 0. The molecule has 0 saturated carbocycles. The summed E-state index contributed by atoms with van der Waals surface area (Å²) in [7, 11) is 2.73. The van der Waals surface area contributed by atoms with Gasteiger partial charge in [-0.2, -0.15) is 0 Å². The Balaban J connectivity index is 1.51. The SMILES string of the molecule is CCCc1c(-c2ccccc2)c(-c2ccccc2)c(CCC)c2c3cc4ccc5c(C(=O)OC)c(C(=O)OC)c6ccc7cc(c12)c3c1c7c6c5c41. The van der Waals surface area contributed by atoms with Crippen LogP contribution in [0.4, 0.5) is 0 Å². The van der Waals surface area contributed by atoms with Crippen molar-refractivity contribution in [1.29, 1.82) is 0 Å². The normalized spacial score (nSPS) is 12.3. The minimum atomic E-state index is -0.543. The molecular formula is C48H36O4. The number of ether oxygens (including phenoxy) is 2. The second kappa shape index (κ2) is 11.2. The number of carbonyl (C=O) groups is 2. The maximum atomic E-state index is 13.5. The van der Waals surface area contributed by atoms with Crippen molar-refractivity contribution in [1.82, 2.24) is 0 Å². The van der Waals surface area contributed by atoms with Crippen molar-refractivity contribution in [3.8, 4) is 22.3 Å². The second-order valence-electron chi connectivity index (χ2n) is 14.2. The molecule has 0 N–H and O–H groups in total. The highest BCUT2D eigenvalue weighted by Gasteiger charge is 2.33. The average molecular weight is 677 g/mol. The van der Waals surface area contributed by atoms with Crippen LogP contribution < -0.4 is 0 Å². The van der Waals surface area contributed by atoms with Crippen LogP contribution in [-0.4, -0.2) is 26.2 Å². The third-order valence-corrected chi connectivity index (χ3v) is 11.6. The smallest absolute Gasteiger partial charge is 0.339 e. The first-order valence-electron chi connectivity index (χ1n) is 18.3. The van der Waals surface area contributed by atoms with Gasteiger partial charge in [-0.3, -0.25) is 0 Å². The number of esters is 2. The molecule has 10 aromatic rings. The molecule has 0 amide bonds. The number of hydrogen-bond acceptors (Lipinski definition) is 4. The molecule has 0 radical (unpaired) electrons. The van der Waals surface area contributed by atoms with Crippen molar-refractivity contribution in [2.45, 2.75) is 39.5 Å². The number of methoxy groups -OCH3 is 2. The molecule has 10 aromatic carbocycles. The monoisotopic (exact) mass is 676 g/mol. The summed E-state index contributed by atoms with van der Waals surface area (Å²) in [6, 6.07) is 34.9. The highest BCUT2D eigenvalue weighted by atomic mass is 16.5. The van der Waals surface area contributed by atoms with Crippen molar-refractivity contribution < 1.29 is 19.1 Å². The van der Waals surface area contributed by atoms with Crippen molar-refractivity contribution in [2.75, 3.05) is 14.2 Å². The molecule has 0 fully saturated rings. The predicted octanol–water partition coefficient (Wildman–Crippen LogP) is 12.3. The fourth-order valence-electron chi connectivity index (χ4n) is 9.78. The van der Waals surface area contributed by atoms with Gasteiger partial charge in [0.25, 0.3) is 0 Å². The summed E-state index contributed by atoms with van der Waals surface area (Å²) in [6.07, 6.45) is 3.92. The standard InChI is InChI=1S/C48H36O4/c1-5-13-29-35(25-15-9-7-10-16-25)36(26-17-11-8-12-18-26)30(14-6-2)40-34-24-28-20-22-32-43-38(28)46-37-27(23-33(39(29)40)41(34)46)19-21-31(42(37)43)44(47(49)51-3)45(32)48(50)52-4/h7-12,15-24H,5-6,13-14H2,1-4H3. The third kappa shape index (κ3) is 3.82. The summed E-state index contributed by atoms with van der Waals surface area (Å²) in [5.41, 5.74) is 8.47. The summed E-state index contributed by atoms with van der Waals surface area (Å²) < 4.78 is 10.6. The fraction of sp³-hybridized carbons (Fsp3) is 0.167. The summed E-state index contributed by atoms with van der Waals surface area (Å²) in [5.74, 6) is -1.09. The largest absolute Gasteiger partial charge is 0.465 e. The topological polar surface area (TPSA) is 52.6 Å². The number of rotatable bonds is 8. The van der Waals surface area contributed by atoms with Crippen LogP contribution in [0, 0.1) is 0 Å². The Morgan fingerprint density at radius 3 is 1.27 bits per heavy atom. The highest BCUT2D eigenvalue weighted by Crippen LogP contribution is 2.57. The fourth-order valence-corrected chi connectivity index (χ4v) is 9.78. The van der Waals surface area contributed by atoms with Crippen molar-refractivity contribution in [3.05, 3.63) is 119 Å². The number of benzene rings is 8. The molecule has 0 atom stereocenters. The number of carbonyl (C=O) groups excluding carboxylic acids is 2. The Labute approximate surface area is 300 Å². The molecule has 0 saturated heterocycles. The van der Waals surface area contributed by atoms with Crippen LogP contribution >= 0.6 is 0 Å². The molecular weight excluding hydrogens is 641 g/mol. The van der Waals surface area contributed by atoms with Gasteiger partial charge in [0.05, 0.1) is 25.3 Å². The predicted molar refractivity (Wildman–Crippen MR) is 215 cm³/mol. The van der Waals surface area contributed by atoms with E-state index < -0.39 is 11.9 Å². The minimum absolute atomic E-state index is 0.261. The molecule has 0 spiro atoms. The molecule has 252 valence electrons. The number of hydrogen-bond donors (Lipinski definition) is 0. The van der Waals surface area contributed by atoms with Gasteiger partial charge in [-0.1, -0.05) is 112 Å². The maximum absolute atomic E-state index is 13.5. The molecule has 4 nitrogen and oxygen atoms in total. The van der Waals surface area contributed by atoms with Crippen LogP contribution in [0.5, 0.6) is 0 Å². The zero-order valence-corrected chi connectivity index (χ0v) is 29.7. The second-order valence-corrected chi connectivity index (χ2v) is 14.2. The Morgan fingerprint density at radius 1 is 0.462 bits per heavy atom. The molecule has 0 aliphatic carbocycles. The lowest BCUT2D eigenvalue weighted by Gasteiger charge is -2.23. The van der Waals surface area contributed by atoms with E-state index in [9.17, 15) is 9.59 Å². The summed E-state index contributed by atoms with van der Waals surface area (Å²) in [5, 5.41) is 15.8. The Bertz CT molecular complexity index is 2810. The van der Waals surface area contributed by atoms with E-state index in [0.29, 0.717) is 0 Å². The summed E-state index contributed by atoms with van der Waals surface area (Å²) in [4.78, 5) is 27.1. The van der Waals surface area contributed by atoms with Gasteiger partial charge in [0, 0.05) is 0 Å². The van der Waals surface area contributed by atoms with Gasteiger partial charge in [-0.25, -0.2) is 9.59 Å². The average Bonchev–Trinajstić information content (AvgIpc) is 3.71. The molecule has 0 aliphatic heterocycles. The minimum Gasteiger partial charge on any atom is -0.465 e. The molecule has 52 heavy (non-hydrogen) atoms. The Kier molecular flexibility index (Phi) is 6.66. The van der Waals surface area contributed by atoms with Crippen LogP contribution in [0.25, 0.3) is 97.7 Å². The van der Waals surface area contributed by atoms with Crippen LogP contribution in [0.15, 0.2) is 97.1 Å². The quantitative estimate of drug-likeness (QED) is 0.119. The molecule has 10 rings (SSSR count). The first kappa shape index (κ1) is 30.8. The van der Waals surface area contributed by atoms with Crippen molar-refractivity contribution in [2.24, 2.45) is 0 Å². The van der Waals surface area contributed by atoms with Gasteiger partial charge in [0.2, 0.25) is 0 Å². The molecule has 0 aliphatic rings. The molecule has 0 aromatic heterocycles. The van der Waals surface area contributed by atoms with Crippen LogP contribution in [0.2, 0.25) is 0 Å². The summed E-state index contributed by atoms with van der Waals surface area (Å²) in [6.45, 7) is 4.57. The first-order chi connectivity index (χ1) is 25.5. The maximum Gasteiger partial charge on any atom is 0.339 e. The van der Waals surface area contributed by atoms with Crippen LogP contribution in [0.3, 0.4) is 0 Å². The van der Waals surface area contributed by atoms with E-state index in [0.717, 1.165) is 68.8 Å². The van der Waals surface area contributed by atoms with E-state index >= 15 is 0 Å². The Hall–Kier alpha value is -6.00. The van der Waals surface area contributed by atoms with Crippen molar-refractivity contribution in [3.63, 3.8) is 0 Å². The third-order valence-electron chi connectivity index (χ3n) is 11.6. The van der Waals surface area contributed by atoms with E-state index in [1.54, 1.807) is 0 Å². The molecule has 0 heterocycles. The molecule has 0 unspecified atom stereocenters. The van der Waals surface area contributed by atoms with Gasteiger partial charge >= 0.3 is 11.9 Å². The number of fused-ring (bicyclic) bond motifs is 3. The molecule has 0 bridgehead atoms. The highest BCUT2D eigenvalue weighted by molar-refractivity contribution is 6.52. The van der Waals surface area contributed by atoms with Crippen LogP contribution in [-0.2, 0) is 22.3 Å². The zero-order chi connectivity index (χ0) is 35.4. The van der Waals surface area contributed by atoms with Crippen LogP contribution in [0.1, 0.15) is 58.5 Å². The van der Waals surface area contributed by atoms with E-state index in [1.807, 2.05) is 12.1 Å². The Morgan fingerprint density at radius 2 is 0.885 bits per heavy atom. The van der Waals surface area contributed by atoms with E-state index in [1.165, 1.54) is 79.9 Å². The van der Waals surface area contributed by atoms with E-state index in [4.69, 9.17) is 9.47 Å². The lowest BCUT2D eigenvalue weighted by Crippen LogP contribution is -2.13. The number of aryl methyl sites for hydroxylation is 2. The van der Waals surface area contributed by atoms with Gasteiger partial charge < -0.3 is 9.47 Å². The lowest BCUT2D eigenvalue weighted by molar-refractivity contribution is 0.0559. The molecule has 4 heteroatoms. The zero-order valence-electron chi connectivity index (χ0n) is 29.7. The van der Waals surface area contributed by atoms with Gasteiger partial charge in [0.1, 0.15) is 0 Å².